The Balaban J connectivity index is 1.62. The molecular formula is C24H26N2O3. The van der Waals surface area contributed by atoms with Crippen molar-refractivity contribution in [1.29, 1.82) is 0 Å². The molecule has 5 nitrogen and oxygen atoms in total. The van der Waals surface area contributed by atoms with Gasteiger partial charge in [-0.1, -0.05) is 42.5 Å². The number of rotatable bonds is 10. The van der Waals surface area contributed by atoms with Crippen molar-refractivity contribution in [1.82, 2.24) is 10.3 Å². The summed E-state index contributed by atoms with van der Waals surface area (Å²) in [4.78, 5) is 15.1. The molecule has 0 amide bonds. The number of benzene rings is 2. The van der Waals surface area contributed by atoms with Crippen molar-refractivity contribution in [2.75, 3.05) is 0 Å². The van der Waals surface area contributed by atoms with E-state index in [0.717, 1.165) is 23.3 Å². The summed E-state index contributed by atoms with van der Waals surface area (Å²) < 4.78 is 5.89. The summed E-state index contributed by atoms with van der Waals surface area (Å²) in [5.74, 6) is 0.740. The summed E-state index contributed by atoms with van der Waals surface area (Å²) in [6.45, 7) is 2.69. The molecule has 1 unspecified atom stereocenters. The van der Waals surface area contributed by atoms with Crippen LogP contribution in [0.25, 0.3) is 0 Å². The molecule has 0 saturated carbocycles. The fraction of sp³-hybridized carbons (Fsp3) is 0.250. The molecular weight excluding hydrogens is 364 g/mol. The van der Waals surface area contributed by atoms with Crippen molar-refractivity contribution in [3.05, 3.63) is 89.7 Å². The number of pyridine rings is 1. The van der Waals surface area contributed by atoms with Crippen LogP contribution in [0, 0.1) is 6.92 Å². The lowest BCUT2D eigenvalue weighted by atomic mass is 10.0. The maximum atomic E-state index is 11.0. The van der Waals surface area contributed by atoms with Crippen molar-refractivity contribution in [2.24, 2.45) is 0 Å². The van der Waals surface area contributed by atoms with Crippen LogP contribution in [0.15, 0.2) is 73.1 Å². The predicted octanol–water partition coefficient (Wildman–Crippen LogP) is 4.75. The predicted molar refractivity (Wildman–Crippen MR) is 113 cm³/mol. The molecule has 0 fully saturated rings. The second-order valence-corrected chi connectivity index (χ2v) is 7.09. The highest BCUT2D eigenvalue weighted by atomic mass is 16.5. The van der Waals surface area contributed by atoms with Crippen molar-refractivity contribution < 1.29 is 14.6 Å². The maximum absolute atomic E-state index is 11.0. The molecule has 0 radical (unpaired) electrons. The van der Waals surface area contributed by atoms with Crippen molar-refractivity contribution in [3.63, 3.8) is 0 Å². The average Bonchev–Trinajstić information content (AvgIpc) is 2.73. The molecule has 1 heterocycles. The van der Waals surface area contributed by atoms with E-state index in [9.17, 15) is 4.79 Å². The van der Waals surface area contributed by atoms with Gasteiger partial charge in [0.05, 0.1) is 6.20 Å². The highest BCUT2D eigenvalue weighted by Gasteiger charge is 2.12. The number of carbonyl (C=O) groups is 1. The van der Waals surface area contributed by atoms with E-state index in [0.29, 0.717) is 18.7 Å². The normalized spacial score (nSPS) is 11.8. The standard InChI is InChI=1S/C24H26N2O3/c1-18-14-20(9-11-23(18)29-22-8-5-13-25-17-22)16-26-21(10-12-24(27)28)15-19-6-3-2-4-7-19/h2-9,11,13-14,17,21,26H,10,12,15-16H2,1H3,(H,27,28). The van der Waals surface area contributed by atoms with Crippen molar-refractivity contribution in [3.8, 4) is 11.5 Å². The third kappa shape index (κ3) is 6.73. The van der Waals surface area contributed by atoms with Crippen LogP contribution in [0.5, 0.6) is 11.5 Å². The second kappa shape index (κ2) is 10.4. The van der Waals surface area contributed by atoms with Gasteiger partial charge in [-0.25, -0.2) is 0 Å². The van der Waals surface area contributed by atoms with Gasteiger partial charge >= 0.3 is 5.97 Å². The number of carboxylic acid groups (broad SMARTS) is 1. The van der Waals surface area contributed by atoms with E-state index in [1.807, 2.05) is 49.4 Å². The molecule has 2 aromatic carbocycles. The number of hydrogen-bond donors (Lipinski definition) is 2. The molecule has 0 aliphatic carbocycles. The highest BCUT2D eigenvalue weighted by molar-refractivity contribution is 5.66. The van der Waals surface area contributed by atoms with Crippen LogP contribution in [0.3, 0.4) is 0 Å². The first-order chi connectivity index (χ1) is 14.1. The van der Waals surface area contributed by atoms with Crippen LogP contribution < -0.4 is 10.1 Å². The number of aryl methyl sites for hydroxylation is 1. The van der Waals surface area contributed by atoms with E-state index >= 15 is 0 Å². The van der Waals surface area contributed by atoms with E-state index in [-0.39, 0.29) is 12.5 Å². The number of nitrogens with one attached hydrogen (secondary N) is 1. The summed E-state index contributed by atoms with van der Waals surface area (Å²) in [5.41, 5.74) is 3.37. The number of hydrogen-bond acceptors (Lipinski definition) is 4. The Hall–Kier alpha value is -3.18. The van der Waals surface area contributed by atoms with Crippen molar-refractivity contribution in [2.45, 2.75) is 38.8 Å². The van der Waals surface area contributed by atoms with E-state index in [1.54, 1.807) is 12.4 Å². The Labute approximate surface area is 171 Å². The van der Waals surface area contributed by atoms with E-state index in [2.05, 4.69) is 28.5 Å². The lowest BCUT2D eigenvalue weighted by Gasteiger charge is -2.19. The number of carboxylic acids is 1. The monoisotopic (exact) mass is 390 g/mol. The lowest BCUT2D eigenvalue weighted by molar-refractivity contribution is -0.137. The summed E-state index contributed by atoms with van der Waals surface area (Å²) >= 11 is 0. The first-order valence-electron chi connectivity index (χ1n) is 9.76. The average molecular weight is 390 g/mol. The molecule has 2 N–H and O–H groups in total. The summed E-state index contributed by atoms with van der Waals surface area (Å²) in [6, 6.07) is 20.0. The molecule has 1 aromatic heterocycles. The van der Waals surface area contributed by atoms with Crippen LogP contribution in [0.4, 0.5) is 0 Å². The van der Waals surface area contributed by atoms with Gasteiger partial charge in [0.25, 0.3) is 0 Å². The van der Waals surface area contributed by atoms with Gasteiger partial charge in [0.2, 0.25) is 0 Å². The molecule has 3 aromatic rings. The minimum absolute atomic E-state index is 0.0973. The molecule has 3 rings (SSSR count). The molecule has 0 spiro atoms. The minimum Gasteiger partial charge on any atom is -0.481 e. The topological polar surface area (TPSA) is 71.5 Å². The fourth-order valence-electron chi connectivity index (χ4n) is 3.21. The number of aromatic nitrogens is 1. The quantitative estimate of drug-likeness (QED) is 0.523. The summed E-state index contributed by atoms with van der Waals surface area (Å²) in [7, 11) is 0. The summed E-state index contributed by atoms with van der Waals surface area (Å²) in [5, 5.41) is 12.6. The van der Waals surface area contributed by atoms with E-state index < -0.39 is 5.97 Å². The van der Waals surface area contributed by atoms with E-state index in [1.165, 1.54) is 5.56 Å². The van der Waals surface area contributed by atoms with Gasteiger partial charge in [0, 0.05) is 25.2 Å². The fourth-order valence-corrected chi connectivity index (χ4v) is 3.21. The van der Waals surface area contributed by atoms with Crippen LogP contribution in [-0.2, 0) is 17.8 Å². The smallest absolute Gasteiger partial charge is 0.303 e. The molecule has 0 aliphatic heterocycles. The number of ether oxygens (including phenoxy) is 1. The number of nitrogens with zero attached hydrogens (tertiary/aromatic N) is 1. The molecule has 150 valence electrons. The molecule has 0 aliphatic rings. The van der Waals surface area contributed by atoms with Crippen LogP contribution in [0.1, 0.15) is 29.5 Å². The van der Waals surface area contributed by atoms with Crippen LogP contribution in [-0.4, -0.2) is 22.1 Å². The Kier molecular flexibility index (Phi) is 7.36. The maximum Gasteiger partial charge on any atom is 0.303 e. The molecule has 0 bridgehead atoms. The molecule has 1 atom stereocenters. The van der Waals surface area contributed by atoms with Gasteiger partial charge in [0.1, 0.15) is 11.5 Å². The zero-order chi connectivity index (χ0) is 20.5. The van der Waals surface area contributed by atoms with E-state index in [4.69, 9.17) is 9.84 Å². The zero-order valence-corrected chi connectivity index (χ0v) is 16.5. The Morgan fingerprint density at radius 3 is 2.62 bits per heavy atom. The lowest BCUT2D eigenvalue weighted by Crippen LogP contribution is -2.31. The van der Waals surface area contributed by atoms with Gasteiger partial charge in [-0.05, 0) is 54.7 Å². The minimum atomic E-state index is -0.766. The largest absolute Gasteiger partial charge is 0.481 e. The first kappa shape index (κ1) is 20.6. The Bertz CT molecular complexity index is 914. The highest BCUT2D eigenvalue weighted by Crippen LogP contribution is 2.25. The Morgan fingerprint density at radius 2 is 1.93 bits per heavy atom. The third-order valence-corrected chi connectivity index (χ3v) is 4.73. The summed E-state index contributed by atoms with van der Waals surface area (Å²) in [6.07, 6.45) is 4.94. The third-order valence-electron chi connectivity index (χ3n) is 4.73. The van der Waals surface area contributed by atoms with Gasteiger partial charge in [0.15, 0.2) is 0 Å². The SMILES string of the molecule is Cc1cc(CNC(CCC(=O)O)Cc2ccccc2)ccc1Oc1cccnc1. The van der Waals surface area contributed by atoms with Gasteiger partial charge in [-0.2, -0.15) is 0 Å². The van der Waals surface area contributed by atoms with Crippen molar-refractivity contribution >= 4 is 5.97 Å². The van der Waals surface area contributed by atoms with Gasteiger partial charge in [-0.3, -0.25) is 9.78 Å². The van der Waals surface area contributed by atoms with Gasteiger partial charge < -0.3 is 15.2 Å². The molecule has 0 saturated heterocycles. The Morgan fingerprint density at radius 1 is 1.10 bits per heavy atom. The molecule has 29 heavy (non-hydrogen) atoms. The van der Waals surface area contributed by atoms with Gasteiger partial charge in [-0.15, -0.1) is 0 Å². The second-order valence-electron chi connectivity index (χ2n) is 7.09. The van der Waals surface area contributed by atoms with Crippen LogP contribution in [0.2, 0.25) is 0 Å². The van der Waals surface area contributed by atoms with Crippen LogP contribution >= 0.6 is 0 Å². The number of aliphatic carboxylic acids is 1. The zero-order valence-electron chi connectivity index (χ0n) is 16.5. The molecule has 5 heteroatoms. The first-order valence-corrected chi connectivity index (χ1v) is 9.76.